The van der Waals surface area contributed by atoms with Gasteiger partial charge in [-0.1, -0.05) is 30.3 Å². The molecule has 3 heterocycles. The molecule has 0 bridgehead atoms. The van der Waals surface area contributed by atoms with Gasteiger partial charge in [0, 0.05) is 60.9 Å². The highest BCUT2D eigenvalue weighted by molar-refractivity contribution is 5.56. The van der Waals surface area contributed by atoms with Crippen molar-refractivity contribution in [3.05, 3.63) is 59.7 Å². The Balaban J connectivity index is 1.53. The van der Waals surface area contributed by atoms with E-state index in [1.165, 1.54) is 22.5 Å². The molecule has 0 aliphatic carbocycles. The van der Waals surface area contributed by atoms with Crippen LogP contribution in [0.1, 0.15) is 36.3 Å². The number of likely N-dealkylation sites (tertiary alicyclic amines) is 1. The Kier molecular flexibility index (Phi) is 4.64. The van der Waals surface area contributed by atoms with Crippen LogP contribution in [0.4, 0.5) is 0 Å². The number of hydrogen-bond acceptors (Lipinski definition) is 3. The molecule has 2 aromatic heterocycles. The van der Waals surface area contributed by atoms with Crippen molar-refractivity contribution in [2.45, 2.75) is 46.3 Å². The van der Waals surface area contributed by atoms with E-state index in [0.717, 1.165) is 38.4 Å². The minimum absolute atomic E-state index is 0.481. The Morgan fingerprint density at radius 3 is 2.65 bits per heavy atom. The first-order chi connectivity index (χ1) is 12.7. The Bertz CT molecular complexity index is 877. The molecule has 0 radical (unpaired) electrons. The van der Waals surface area contributed by atoms with Gasteiger partial charge in [0.15, 0.2) is 0 Å². The zero-order valence-corrected chi connectivity index (χ0v) is 15.9. The first kappa shape index (κ1) is 17.0. The fourth-order valence-electron chi connectivity index (χ4n) is 4.07. The number of nitrogens with zero attached hydrogens (tertiary/aromatic N) is 5. The maximum absolute atomic E-state index is 4.70. The Morgan fingerprint density at radius 1 is 1.12 bits per heavy atom. The van der Waals surface area contributed by atoms with Crippen molar-refractivity contribution in [2.75, 3.05) is 13.1 Å². The molecule has 1 fully saturated rings. The molecule has 26 heavy (non-hydrogen) atoms. The van der Waals surface area contributed by atoms with Crippen molar-refractivity contribution < 1.29 is 0 Å². The third-order valence-corrected chi connectivity index (χ3v) is 5.52. The Morgan fingerprint density at radius 2 is 1.92 bits per heavy atom. The standard InChI is InChI=1S/C21H27N5/c1-4-25-17(3)19(13-23-25)14-24-11-10-20(15-24)26-16(2)12-22-21(26)18-8-6-5-7-9-18/h5-9,12-13,20H,4,10-11,14-15H2,1-3H3. The van der Waals surface area contributed by atoms with Gasteiger partial charge in [0.1, 0.15) is 5.82 Å². The molecular formula is C21H27N5. The minimum atomic E-state index is 0.481. The summed E-state index contributed by atoms with van der Waals surface area (Å²) in [6.07, 6.45) is 5.20. The highest BCUT2D eigenvalue weighted by Gasteiger charge is 2.27. The van der Waals surface area contributed by atoms with E-state index < -0.39 is 0 Å². The zero-order valence-electron chi connectivity index (χ0n) is 15.9. The van der Waals surface area contributed by atoms with Gasteiger partial charge in [0.25, 0.3) is 0 Å². The van der Waals surface area contributed by atoms with E-state index in [4.69, 9.17) is 4.98 Å². The average Bonchev–Trinajstić information content (AvgIpc) is 3.36. The summed E-state index contributed by atoms with van der Waals surface area (Å²) >= 11 is 0. The topological polar surface area (TPSA) is 38.9 Å². The molecule has 0 N–H and O–H groups in total. The van der Waals surface area contributed by atoms with Gasteiger partial charge < -0.3 is 4.57 Å². The predicted molar refractivity (Wildman–Crippen MR) is 104 cm³/mol. The van der Waals surface area contributed by atoms with Crippen molar-refractivity contribution in [2.24, 2.45) is 0 Å². The van der Waals surface area contributed by atoms with Crippen LogP contribution in [0.5, 0.6) is 0 Å². The van der Waals surface area contributed by atoms with E-state index in [2.05, 4.69) is 70.4 Å². The molecule has 3 aromatic rings. The molecule has 1 atom stereocenters. The van der Waals surface area contributed by atoms with Crippen LogP contribution in [-0.4, -0.2) is 37.3 Å². The van der Waals surface area contributed by atoms with Gasteiger partial charge in [-0.05, 0) is 27.2 Å². The van der Waals surface area contributed by atoms with E-state index in [1.807, 2.05) is 12.4 Å². The summed E-state index contributed by atoms with van der Waals surface area (Å²) in [6, 6.07) is 11.0. The Hall–Kier alpha value is -2.40. The van der Waals surface area contributed by atoms with Gasteiger partial charge in [-0.2, -0.15) is 5.10 Å². The molecule has 5 heteroatoms. The lowest BCUT2D eigenvalue weighted by molar-refractivity contribution is 0.315. The van der Waals surface area contributed by atoms with Crippen LogP contribution in [0.3, 0.4) is 0 Å². The molecule has 0 spiro atoms. The van der Waals surface area contributed by atoms with E-state index >= 15 is 0 Å². The Labute approximate surface area is 155 Å². The molecule has 1 unspecified atom stereocenters. The van der Waals surface area contributed by atoms with E-state index in [9.17, 15) is 0 Å². The van der Waals surface area contributed by atoms with E-state index in [0.29, 0.717) is 6.04 Å². The monoisotopic (exact) mass is 349 g/mol. The molecular weight excluding hydrogens is 322 g/mol. The fourth-order valence-corrected chi connectivity index (χ4v) is 4.07. The van der Waals surface area contributed by atoms with Crippen molar-refractivity contribution in [3.8, 4) is 11.4 Å². The number of aromatic nitrogens is 4. The van der Waals surface area contributed by atoms with Gasteiger partial charge >= 0.3 is 0 Å². The summed E-state index contributed by atoms with van der Waals surface area (Å²) in [5.74, 6) is 1.09. The largest absolute Gasteiger partial charge is 0.324 e. The highest BCUT2D eigenvalue weighted by Crippen LogP contribution is 2.30. The van der Waals surface area contributed by atoms with Crippen molar-refractivity contribution >= 4 is 0 Å². The molecule has 5 nitrogen and oxygen atoms in total. The summed E-state index contributed by atoms with van der Waals surface area (Å²) < 4.78 is 4.51. The van der Waals surface area contributed by atoms with Crippen LogP contribution >= 0.6 is 0 Å². The van der Waals surface area contributed by atoms with Crippen LogP contribution in [0.15, 0.2) is 42.7 Å². The molecule has 1 aliphatic rings. The van der Waals surface area contributed by atoms with Gasteiger partial charge in [-0.15, -0.1) is 0 Å². The number of benzene rings is 1. The average molecular weight is 349 g/mol. The van der Waals surface area contributed by atoms with Crippen molar-refractivity contribution in [3.63, 3.8) is 0 Å². The summed E-state index contributed by atoms with van der Waals surface area (Å²) in [4.78, 5) is 7.24. The first-order valence-corrected chi connectivity index (χ1v) is 9.50. The lowest BCUT2D eigenvalue weighted by Crippen LogP contribution is -2.22. The molecule has 1 aromatic carbocycles. The smallest absolute Gasteiger partial charge is 0.140 e. The van der Waals surface area contributed by atoms with Crippen LogP contribution in [-0.2, 0) is 13.1 Å². The SMILES string of the molecule is CCn1ncc(CN2CCC(n3c(C)cnc3-c3ccccc3)C2)c1C. The number of hydrogen-bond donors (Lipinski definition) is 0. The van der Waals surface area contributed by atoms with Crippen LogP contribution in [0.25, 0.3) is 11.4 Å². The lowest BCUT2D eigenvalue weighted by atomic mass is 10.2. The molecule has 0 saturated carbocycles. The molecule has 4 rings (SSSR count). The van der Waals surface area contributed by atoms with Crippen molar-refractivity contribution in [1.82, 2.24) is 24.2 Å². The second-order valence-electron chi connectivity index (χ2n) is 7.21. The second kappa shape index (κ2) is 7.08. The van der Waals surface area contributed by atoms with Gasteiger partial charge in [0.05, 0.1) is 6.20 Å². The number of aryl methyl sites for hydroxylation is 2. The predicted octanol–water partition coefficient (Wildman–Crippen LogP) is 3.83. The molecule has 136 valence electrons. The summed E-state index contributed by atoms with van der Waals surface area (Å²) in [6.45, 7) is 10.6. The quantitative estimate of drug-likeness (QED) is 0.703. The second-order valence-corrected chi connectivity index (χ2v) is 7.21. The summed E-state index contributed by atoms with van der Waals surface area (Å²) in [5.41, 5.74) is 5.07. The van der Waals surface area contributed by atoms with E-state index in [1.54, 1.807) is 0 Å². The number of rotatable bonds is 5. The third kappa shape index (κ3) is 3.07. The maximum atomic E-state index is 4.70. The fraction of sp³-hybridized carbons (Fsp3) is 0.429. The van der Waals surface area contributed by atoms with Gasteiger partial charge in [-0.25, -0.2) is 4.98 Å². The maximum Gasteiger partial charge on any atom is 0.140 e. The third-order valence-electron chi connectivity index (χ3n) is 5.52. The first-order valence-electron chi connectivity index (χ1n) is 9.50. The van der Waals surface area contributed by atoms with E-state index in [-0.39, 0.29) is 0 Å². The minimum Gasteiger partial charge on any atom is -0.324 e. The van der Waals surface area contributed by atoms with Crippen LogP contribution in [0.2, 0.25) is 0 Å². The normalized spacial score (nSPS) is 17.9. The molecule has 1 aliphatic heterocycles. The summed E-state index contributed by atoms with van der Waals surface area (Å²) in [7, 11) is 0. The lowest BCUT2D eigenvalue weighted by Gasteiger charge is -2.19. The van der Waals surface area contributed by atoms with Gasteiger partial charge in [-0.3, -0.25) is 9.58 Å². The highest BCUT2D eigenvalue weighted by atomic mass is 15.3. The molecule has 0 amide bonds. The molecule has 1 saturated heterocycles. The summed E-state index contributed by atoms with van der Waals surface area (Å²) in [5, 5.41) is 4.49. The van der Waals surface area contributed by atoms with Crippen LogP contribution < -0.4 is 0 Å². The zero-order chi connectivity index (χ0) is 18.1. The van der Waals surface area contributed by atoms with Gasteiger partial charge in [0.2, 0.25) is 0 Å². The van der Waals surface area contributed by atoms with Crippen molar-refractivity contribution in [1.29, 1.82) is 0 Å². The number of imidazole rings is 1. The van der Waals surface area contributed by atoms with Crippen LogP contribution in [0, 0.1) is 13.8 Å².